The van der Waals surface area contributed by atoms with E-state index in [1.54, 1.807) is 73.8 Å². The van der Waals surface area contributed by atoms with Gasteiger partial charge in [0.15, 0.2) is 5.78 Å². The lowest BCUT2D eigenvalue weighted by molar-refractivity contribution is 0.104. The van der Waals surface area contributed by atoms with E-state index in [0.717, 1.165) is 5.56 Å². The first-order valence-electron chi connectivity index (χ1n) is 9.71. The number of ether oxygens (including phenoxy) is 2. The molecule has 0 unspecified atom stereocenters. The number of rotatable bonds is 9. The third-order valence-electron chi connectivity index (χ3n) is 4.63. The number of nitrogens with one attached hydrogen (secondary N) is 2. The minimum atomic E-state index is -3.66. The first-order valence-corrected chi connectivity index (χ1v) is 11.2. The predicted molar refractivity (Wildman–Crippen MR) is 125 cm³/mol. The molecule has 0 aliphatic rings. The van der Waals surface area contributed by atoms with Gasteiger partial charge in [-0.3, -0.25) is 9.52 Å². The van der Waals surface area contributed by atoms with Crippen LogP contribution in [0.15, 0.2) is 83.9 Å². The van der Waals surface area contributed by atoms with Gasteiger partial charge in [-0.25, -0.2) is 8.42 Å². The van der Waals surface area contributed by atoms with Gasteiger partial charge in [0.25, 0.3) is 10.0 Å². The Hall–Kier alpha value is -3.78. The summed E-state index contributed by atoms with van der Waals surface area (Å²) in [5.41, 5.74) is 2.51. The van der Waals surface area contributed by atoms with E-state index >= 15 is 0 Å². The van der Waals surface area contributed by atoms with Crippen molar-refractivity contribution < 1.29 is 22.7 Å². The average molecular weight is 453 g/mol. The minimum Gasteiger partial charge on any atom is -0.497 e. The van der Waals surface area contributed by atoms with Gasteiger partial charge in [-0.2, -0.15) is 0 Å². The highest BCUT2D eigenvalue weighted by molar-refractivity contribution is 7.92. The molecule has 0 fully saturated rings. The second kappa shape index (κ2) is 10.0. The zero-order valence-electron chi connectivity index (χ0n) is 18.0. The van der Waals surface area contributed by atoms with Crippen molar-refractivity contribution in [2.75, 3.05) is 24.3 Å². The number of ketones is 1. The van der Waals surface area contributed by atoms with E-state index < -0.39 is 10.0 Å². The van der Waals surface area contributed by atoms with Gasteiger partial charge >= 0.3 is 0 Å². The lowest BCUT2D eigenvalue weighted by atomic mass is 10.1. The van der Waals surface area contributed by atoms with Crippen LogP contribution < -0.4 is 19.5 Å². The van der Waals surface area contributed by atoms with Crippen LogP contribution in [-0.4, -0.2) is 28.4 Å². The molecule has 7 nitrogen and oxygen atoms in total. The summed E-state index contributed by atoms with van der Waals surface area (Å²) < 4.78 is 37.9. The van der Waals surface area contributed by atoms with Crippen molar-refractivity contribution in [3.8, 4) is 11.5 Å². The van der Waals surface area contributed by atoms with E-state index in [9.17, 15) is 13.2 Å². The van der Waals surface area contributed by atoms with Gasteiger partial charge in [0, 0.05) is 29.7 Å². The smallest absolute Gasteiger partial charge is 0.261 e. The standard InChI is InChI=1S/C24H24N2O5S/c1-17-4-11-21(12-5-17)32(28,29)26-19-8-6-18(7-9-19)25-15-14-23(27)22-13-10-20(30-2)16-24(22)31-3/h4-16,25-26H,1-3H3/b15-14-. The lowest BCUT2D eigenvalue weighted by Crippen LogP contribution is -2.12. The van der Waals surface area contributed by atoms with Gasteiger partial charge < -0.3 is 14.8 Å². The highest BCUT2D eigenvalue weighted by atomic mass is 32.2. The zero-order chi connectivity index (χ0) is 23.1. The molecule has 0 atom stereocenters. The maximum Gasteiger partial charge on any atom is 0.261 e. The van der Waals surface area contributed by atoms with Gasteiger partial charge in [-0.1, -0.05) is 17.7 Å². The number of carbonyl (C=O) groups excluding carboxylic acids is 1. The third-order valence-corrected chi connectivity index (χ3v) is 6.02. The number of anilines is 2. The van der Waals surface area contributed by atoms with E-state index in [4.69, 9.17) is 9.47 Å². The predicted octanol–water partition coefficient (Wildman–Crippen LogP) is 4.62. The van der Waals surface area contributed by atoms with Crippen LogP contribution in [0.2, 0.25) is 0 Å². The van der Waals surface area contributed by atoms with Gasteiger partial charge in [0.05, 0.1) is 24.7 Å². The molecule has 3 aromatic carbocycles. The SMILES string of the molecule is COc1ccc(C(=O)/C=C\Nc2ccc(NS(=O)(=O)c3ccc(C)cc3)cc2)c(OC)c1. The number of hydrogen-bond acceptors (Lipinski definition) is 6. The summed E-state index contributed by atoms with van der Waals surface area (Å²) in [5, 5.41) is 2.99. The van der Waals surface area contributed by atoms with Crippen molar-refractivity contribution in [1.29, 1.82) is 0 Å². The summed E-state index contributed by atoms with van der Waals surface area (Å²) >= 11 is 0. The molecular weight excluding hydrogens is 428 g/mol. The van der Waals surface area contributed by atoms with E-state index in [-0.39, 0.29) is 10.7 Å². The number of sulfonamides is 1. The number of allylic oxidation sites excluding steroid dienone is 1. The van der Waals surface area contributed by atoms with E-state index in [2.05, 4.69) is 10.0 Å². The van der Waals surface area contributed by atoms with Crippen LogP contribution >= 0.6 is 0 Å². The maximum atomic E-state index is 12.5. The van der Waals surface area contributed by atoms with E-state index in [1.807, 2.05) is 6.92 Å². The van der Waals surface area contributed by atoms with Crippen LogP contribution in [0.5, 0.6) is 11.5 Å². The second-order valence-electron chi connectivity index (χ2n) is 6.90. The van der Waals surface area contributed by atoms with Crippen LogP contribution in [0.25, 0.3) is 0 Å². The maximum absolute atomic E-state index is 12.5. The van der Waals surface area contributed by atoms with Crippen molar-refractivity contribution in [2.45, 2.75) is 11.8 Å². The van der Waals surface area contributed by atoms with Crippen LogP contribution in [0.1, 0.15) is 15.9 Å². The van der Waals surface area contributed by atoms with Crippen LogP contribution in [0, 0.1) is 6.92 Å². The second-order valence-corrected chi connectivity index (χ2v) is 8.59. The minimum absolute atomic E-state index is 0.195. The summed E-state index contributed by atoms with van der Waals surface area (Å²) in [4.78, 5) is 12.7. The van der Waals surface area contributed by atoms with Gasteiger partial charge in [0.2, 0.25) is 0 Å². The number of aryl methyl sites for hydroxylation is 1. The molecule has 8 heteroatoms. The Morgan fingerprint density at radius 1 is 0.875 bits per heavy atom. The monoisotopic (exact) mass is 452 g/mol. The van der Waals surface area contributed by atoms with E-state index in [0.29, 0.717) is 28.4 Å². The molecule has 0 heterocycles. The molecule has 3 rings (SSSR count). The molecule has 166 valence electrons. The Balaban J connectivity index is 1.63. The first kappa shape index (κ1) is 22.9. The highest BCUT2D eigenvalue weighted by Crippen LogP contribution is 2.25. The van der Waals surface area contributed by atoms with Gasteiger partial charge in [-0.05, 0) is 55.5 Å². The summed E-state index contributed by atoms with van der Waals surface area (Å²) in [7, 11) is -0.635. The first-order chi connectivity index (χ1) is 15.3. The number of benzene rings is 3. The van der Waals surface area contributed by atoms with Crippen molar-refractivity contribution in [1.82, 2.24) is 0 Å². The fourth-order valence-electron chi connectivity index (χ4n) is 2.87. The quantitative estimate of drug-likeness (QED) is 0.363. The molecule has 2 N–H and O–H groups in total. The molecule has 0 radical (unpaired) electrons. The number of methoxy groups -OCH3 is 2. The molecule has 0 bridgehead atoms. The van der Waals surface area contributed by atoms with Crippen molar-refractivity contribution >= 4 is 27.2 Å². The molecule has 0 aromatic heterocycles. The Morgan fingerprint density at radius 2 is 1.53 bits per heavy atom. The number of hydrogen-bond donors (Lipinski definition) is 2. The van der Waals surface area contributed by atoms with Crippen LogP contribution in [-0.2, 0) is 10.0 Å². The number of carbonyl (C=O) groups is 1. The Kier molecular flexibility index (Phi) is 7.17. The molecule has 0 spiro atoms. The zero-order valence-corrected chi connectivity index (χ0v) is 18.8. The fraction of sp³-hybridized carbons (Fsp3) is 0.125. The van der Waals surface area contributed by atoms with Crippen LogP contribution in [0.3, 0.4) is 0 Å². The molecule has 0 saturated carbocycles. The molecule has 32 heavy (non-hydrogen) atoms. The summed E-state index contributed by atoms with van der Waals surface area (Å²) in [6.07, 6.45) is 2.90. The molecule has 0 aliphatic heterocycles. The summed E-state index contributed by atoms with van der Waals surface area (Å²) in [6.45, 7) is 1.89. The largest absolute Gasteiger partial charge is 0.497 e. The van der Waals surface area contributed by atoms with Crippen molar-refractivity contribution in [3.63, 3.8) is 0 Å². The molecule has 0 saturated heterocycles. The summed E-state index contributed by atoms with van der Waals surface area (Å²) in [5.74, 6) is 0.780. The lowest BCUT2D eigenvalue weighted by Gasteiger charge is -2.09. The summed E-state index contributed by atoms with van der Waals surface area (Å²) in [6, 6.07) is 18.3. The molecular formula is C24H24N2O5S. The average Bonchev–Trinajstić information content (AvgIpc) is 2.79. The van der Waals surface area contributed by atoms with E-state index in [1.165, 1.54) is 19.4 Å². The normalized spacial score (nSPS) is 11.2. The Labute approximate surface area is 187 Å². The Morgan fingerprint density at radius 3 is 2.16 bits per heavy atom. The molecule has 0 amide bonds. The fourth-order valence-corrected chi connectivity index (χ4v) is 3.93. The highest BCUT2D eigenvalue weighted by Gasteiger charge is 2.14. The third kappa shape index (κ3) is 5.67. The topological polar surface area (TPSA) is 93.7 Å². The van der Waals surface area contributed by atoms with Crippen molar-refractivity contribution in [2.24, 2.45) is 0 Å². The molecule has 3 aromatic rings. The van der Waals surface area contributed by atoms with Crippen molar-refractivity contribution in [3.05, 3.63) is 90.1 Å². The van der Waals surface area contributed by atoms with Gasteiger partial charge in [0.1, 0.15) is 11.5 Å². The molecule has 0 aliphatic carbocycles. The Bertz CT molecular complexity index is 1220. The van der Waals surface area contributed by atoms with Crippen LogP contribution in [0.4, 0.5) is 11.4 Å². The van der Waals surface area contributed by atoms with Gasteiger partial charge in [-0.15, -0.1) is 0 Å².